The lowest BCUT2D eigenvalue weighted by molar-refractivity contribution is -0.116. The number of nitrogens with one attached hydrogen (secondary N) is 1. The minimum Gasteiger partial charge on any atom is -0.497 e. The first-order valence-electron chi connectivity index (χ1n) is 9.16. The van der Waals surface area contributed by atoms with Crippen LogP contribution >= 0.6 is 0 Å². The van der Waals surface area contributed by atoms with Crippen LogP contribution in [0.4, 0.5) is 5.69 Å². The van der Waals surface area contributed by atoms with Gasteiger partial charge in [-0.2, -0.15) is 17.0 Å². The van der Waals surface area contributed by atoms with Crippen molar-refractivity contribution in [1.82, 2.24) is 8.61 Å². The number of carbonyl (C=O) groups excluding carboxylic acids is 1. The minimum absolute atomic E-state index is 0.261. The summed E-state index contributed by atoms with van der Waals surface area (Å²) in [5.41, 5.74) is 2.40. The molecule has 2 aromatic carbocycles. The van der Waals surface area contributed by atoms with Gasteiger partial charge in [0.1, 0.15) is 11.5 Å². The van der Waals surface area contributed by atoms with E-state index in [-0.39, 0.29) is 19.6 Å². The first kappa shape index (κ1) is 21.1. The van der Waals surface area contributed by atoms with Gasteiger partial charge in [-0.3, -0.25) is 4.79 Å². The molecule has 1 fully saturated rings. The number of hydrogen-bond donors (Lipinski definition) is 1. The average Bonchev–Trinajstić information content (AvgIpc) is 2.97. The molecule has 8 nitrogen and oxygen atoms in total. The Kier molecular flexibility index (Phi) is 6.41. The zero-order valence-corrected chi connectivity index (χ0v) is 17.5. The number of nitrogens with zero attached hydrogens (tertiary/aromatic N) is 2. The Bertz CT molecular complexity index is 993. The van der Waals surface area contributed by atoms with Crippen LogP contribution in [0, 0.1) is 6.92 Å². The Balaban J connectivity index is 1.68. The highest BCUT2D eigenvalue weighted by molar-refractivity contribution is 7.87. The number of benzene rings is 2. The molecule has 1 amide bonds. The summed E-state index contributed by atoms with van der Waals surface area (Å²) in [6.45, 7) is 2.57. The summed E-state index contributed by atoms with van der Waals surface area (Å²) in [7, 11) is -0.696. The molecule has 0 aromatic heterocycles. The Morgan fingerprint density at radius 3 is 2.48 bits per heavy atom. The molecule has 0 bridgehead atoms. The molecule has 0 unspecified atom stereocenters. The van der Waals surface area contributed by atoms with Crippen LogP contribution in [-0.2, 0) is 21.5 Å². The van der Waals surface area contributed by atoms with Crippen molar-refractivity contribution in [2.75, 3.05) is 39.2 Å². The SMILES string of the molecule is COc1ccc(OC)c(NC(=O)CN2CCN(Cc3ccccc3C)S2(=O)=O)c1. The van der Waals surface area contributed by atoms with E-state index in [4.69, 9.17) is 9.47 Å². The second kappa shape index (κ2) is 8.81. The van der Waals surface area contributed by atoms with E-state index in [0.717, 1.165) is 11.1 Å². The molecule has 0 radical (unpaired) electrons. The summed E-state index contributed by atoms with van der Waals surface area (Å²) >= 11 is 0. The van der Waals surface area contributed by atoms with E-state index in [1.165, 1.54) is 22.8 Å². The van der Waals surface area contributed by atoms with Crippen LogP contribution < -0.4 is 14.8 Å². The number of hydrogen-bond acceptors (Lipinski definition) is 5. The smallest absolute Gasteiger partial charge is 0.282 e. The van der Waals surface area contributed by atoms with Gasteiger partial charge in [-0.05, 0) is 30.2 Å². The molecule has 156 valence electrons. The van der Waals surface area contributed by atoms with Gasteiger partial charge in [0, 0.05) is 25.7 Å². The Morgan fingerprint density at radius 2 is 1.79 bits per heavy atom. The number of aryl methyl sites for hydroxylation is 1. The van der Waals surface area contributed by atoms with E-state index >= 15 is 0 Å². The quantitative estimate of drug-likeness (QED) is 0.742. The zero-order chi connectivity index (χ0) is 21.0. The normalized spacial score (nSPS) is 16.5. The maximum absolute atomic E-state index is 12.8. The van der Waals surface area contributed by atoms with Gasteiger partial charge in [0.25, 0.3) is 10.2 Å². The summed E-state index contributed by atoms with van der Waals surface area (Å²) in [5, 5.41) is 2.71. The average molecular weight is 420 g/mol. The van der Waals surface area contributed by atoms with E-state index in [1.807, 2.05) is 31.2 Å². The highest BCUT2D eigenvalue weighted by Crippen LogP contribution is 2.29. The number of carbonyl (C=O) groups is 1. The predicted octanol–water partition coefficient (Wildman–Crippen LogP) is 2.01. The van der Waals surface area contributed by atoms with E-state index in [1.54, 1.807) is 18.2 Å². The Morgan fingerprint density at radius 1 is 1.07 bits per heavy atom. The molecule has 0 spiro atoms. The van der Waals surface area contributed by atoms with Gasteiger partial charge in [0.15, 0.2) is 0 Å². The standard InChI is InChI=1S/C20H25N3O5S/c1-15-6-4-5-7-16(15)13-22-10-11-23(29(22,25)26)14-20(24)21-18-12-17(27-2)8-9-19(18)28-3/h4-9,12H,10-11,13-14H2,1-3H3,(H,21,24). The summed E-state index contributed by atoms with van der Waals surface area (Å²) in [5.74, 6) is 0.571. The van der Waals surface area contributed by atoms with Gasteiger partial charge in [-0.25, -0.2) is 0 Å². The lowest BCUT2D eigenvalue weighted by Crippen LogP contribution is -2.38. The van der Waals surface area contributed by atoms with Crippen molar-refractivity contribution in [3.63, 3.8) is 0 Å². The summed E-state index contributed by atoms with van der Waals surface area (Å²) < 4.78 is 38.7. The van der Waals surface area contributed by atoms with Crippen LogP contribution in [0.1, 0.15) is 11.1 Å². The third-order valence-corrected chi connectivity index (χ3v) is 6.79. The monoisotopic (exact) mass is 419 g/mol. The molecule has 1 N–H and O–H groups in total. The number of ether oxygens (including phenoxy) is 2. The van der Waals surface area contributed by atoms with Crippen molar-refractivity contribution in [2.24, 2.45) is 0 Å². The topological polar surface area (TPSA) is 88.2 Å². The maximum Gasteiger partial charge on any atom is 0.282 e. The number of rotatable bonds is 7. The van der Waals surface area contributed by atoms with Crippen molar-refractivity contribution in [1.29, 1.82) is 0 Å². The van der Waals surface area contributed by atoms with Crippen LogP contribution in [0.3, 0.4) is 0 Å². The van der Waals surface area contributed by atoms with E-state index in [0.29, 0.717) is 23.7 Å². The highest BCUT2D eigenvalue weighted by Gasteiger charge is 2.37. The lowest BCUT2D eigenvalue weighted by Gasteiger charge is -2.19. The van der Waals surface area contributed by atoms with Crippen molar-refractivity contribution < 1.29 is 22.7 Å². The van der Waals surface area contributed by atoms with Crippen molar-refractivity contribution in [3.05, 3.63) is 53.6 Å². The second-order valence-electron chi connectivity index (χ2n) is 6.72. The molecule has 1 heterocycles. The first-order valence-corrected chi connectivity index (χ1v) is 10.6. The Labute approximate surface area is 171 Å². The minimum atomic E-state index is -3.71. The molecule has 9 heteroatoms. The molecular formula is C20H25N3O5S. The number of amides is 1. The van der Waals surface area contributed by atoms with Gasteiger partial charge >= 0.3 is 0 Å². The van der Waals surface area contributed by atoms with Crippen molar-refractivity contribution >= 4 is 21.8 Å². The highest BCUT2D eigenvalue weighted by atomic mass is 32.2. The van der Waals surface area contributed by atoms with Crippen LogP contribution in [-0.4, -0.2) is 56.8 Å². The van der Waals surface area contributed by atoms with Crippen molar-refractivity contribution in [3.8, 4) is 11.5 Å². The molecule has 0 saturated carbocycles. The van der Waals surface area contributed by atoms with Gasteiger partial charge in [0.2, 0.25) is 5.91 Å². The lowest BCUT2D eigenvalue weighted by atomic mass is 10.1. The maximum atomic E-state index is 12.8. The van der Waals surface area contributed by atoms with Gasteiger partial charge < -0.3 is 14.8 Å². The molecule has 2 aromatic rings. The summed E-state index contributed by atoms with van der Waals surface area (Å²) in [6.07, 6.45) is 0. The fraction of sp³-hybridized carbons (Fsp3) is 0.350. The first-order chi connectivity index (χ1) is 13.8. The molecule has 1 saturated heterocycles. The van der Waals surface area contributed by atoms with E-state index < -0.39 is 16.1 Å². The molecule has 1 aliphatic heterocycles. The number of methoxy groups -OCH3 is 2. The largest absolute Gasteiger partial charge is 0.497 e. The molecule has 29 heavy (non-hydrogen) atoms. The summed E-state index contributed by atoms with van der Waals surface area (Å²) in [4.78, 5) is 12.5. The predicted molar refractivity (Wildman–Crippen MR) is 110 cm³/mol. The van der Waals surface area contributed by atoms with Gasteiger partial charge in [-0.15, -0.1) is 0 Å². The fourth-order valence-corrected chi connectivity index (χ4v) is 4.71. The van der Waals surface area contributed by atoms with E-state index in [2.05, 4.69) is 5.32 Å². The van der Waals surface area contributed by atoms with Gasteiger partial charge in [-0.1, -0.05) is 24.3 Å². The molecule has 0 atom stereocenters. The van der Waals surface area contributed by atoms with Crippen LogP contribution in [0.25, 0.3) is 0 Å². The molecule has 1 aliphatic rings. The molecule has 0 aliphatic carbocycles. The van der Waals surface area contributed by atoms with Crippen LogP contribution in [0.5, 0.6) is 11.5 Å². The number of anilines is 1. The summed E-state index contributed by atoms with van der Waals surface area (Å²) in [6, 6.07) is 12.7. The second-order valence-corrected chi connectivity index (χ2v) is 8.64. The third kappa shape index (κ3) is 4.69. The van der Waals surface area contributed by atoms with E-state index in [9.17, 15) is 13.2 Å². The van der Waals surface area contributed by atoms with Gasteiger partial charge in [0.05, 0.1) is 26.5 Å². The van der Waals surface area contributed by atoms with Crippen LogP contribution in [0.15, 0.2) is 42.5 Å². The van der Waals surface area contributed by atoms with Crippen LogP contribution in [0.2, 0.25) is 0 Å². The Hall–Kier alpha value is -2.62. The molecular weight excluding hydrogens is 394 g/mol. The fourth-order valence-electron chi connectivity index (χ4n) is 3.18. The third-order valence-electron chi connectivity index (χ3n) is 4.86. The molecule has 3 rings (SSSR count). The zero-order valence-electron chi connectivity index (χ0n) is 16.7. The van der Waals surface area contributed by atoms with Crippen molar-refractivity contribution in [2.45, 2.75) is 13.5 Å².